The zero-order valence-corrected chi connectivity index (χ0v) is 14.5. The summed E-state index contributed by atoms with van der Waals surface area (Å²) in [7, 11) is 0. The van der Waals surface area contributed by atoms with E-state index in [1.165, 1.54) is 0 Å². The van der Waals surface area contributed by atoms with Gasteiger partial charge in [0.05, 0.1) is 6.61 Å². The summed E-state index contributed by atoms with van der Waals surface area (Å²) in [6.07, 6.45) is 1.73. The predicted molar refractivity (Wildman–Crippen MR) is 101 cm³/mol. The maximum Gasteiger partial charge on any atom is 0.263 e. The van der Waals surface area contributed by atoms with Crippen LogP contribution in [0.15, 0.2) is 72.9 Å². The molecular weight excluding hydrogens is 328 g/mol. The Morgan fingerprint density at radius 1 is 0.885 bits per heavy atom. The largest absolute Gasteiger partial charge is 0.494 e. The molecule has 0 aliphatic heterocycles. The number of amides is 1. The Bertz CT molecular complexity index is 831. The minimum absolute atomic E-state index is 0.0872. The molecule has 1 N–H and O–H groups in total. The molecule has 0 radical (unpaired) electrons. The van der Waals surface area contributed by atoms with Gasteiger partial charge in [0.2, 0.25) is 0 Å². The molecule has 3 aromatic rings. The lowest BCUT2D eigenvalue weighted by molar-refractivity contribution is -0.118. The maximum absolute atomic E-state index is 12.0. The van der Waals surface area contributed by atoms with Gasteiger partial charge in [-0.2, -0.15) is 0 Å². The number of anilines is 1. The van der Waals surface area contributed by atoms with Gasteiger partial charge in [-0.05, 0) is 48.9 Å². The molecule has 2 aromatic carbocycles. The molecule has 1 heterocycles. The maximum atomic E-state index is 12.0. The number of hydrogen-bond donors (Lipinski definition) is 1. The molecule has 0 atom stereocenters. The molecule has 132 valence electrons. The van der Waals surface area contributed by atoms with Crippen LogP contribution in [0.25, 0.3) is 11.1 Å². The highest BCUT2D eigenvalue weighted by Crippen LogP contribution is 2.19. The van der Waals surface area contributed by atoms with Crippen LogP contribution in [0.2, 0.25) is 0 Å². The summed E-state index contributed by atoms with van der Waals surface area (Å²) in [5, 5.41) is 2.72. The molecule has 0 bridgehead atoms. The number of nitrogens with zero attached hydrogens (tertiary/aromatic N) is 1. The molecule has 0 spiro atoms. The minimum Gasteiger partial charge on any atom is -0.494 e. The van der Waals surface area contributed by atoms with Crippen molar-refractivity contribution < 1.29 is 14.3 Å². The first-order chi connectivity index (χ1) is 12.7. The number of rotatable bonds is 7. The Morgan fingerprint density at radius 2 is 1.58 bits per heavy atom. The van der Waals surface area contributed by atoms with Crippen molar-refractivity contribution in [1.82, 2.24) is 4.98 Å². The summed E-state index contributed by atoms with van der Waals surface area (Å²) in [5.74, 6) is 1.60. The lowest BCUT2D eigenvalue weighted by Crippen LogP contribution is -2.20. The Morgan fingerprint density at radius 3 is 2.19 bits per heavy atom. The van der Waals surface area contributed by atoms with Crippen molar-refractivity contribution in [2.24, 2.45) is 0 Å². The van der Waals surface area contributed by atoms with E-state index in [-0.39, 0.29) is 12.5 Å². The van der Waals surface area contributed by atoms with E-state index in [0.29, 0.717) is 18.2 Å². The fourth-order valence-corrected chi connectivity index (χ4v) is 2.40. The summed E-state index contributed by atoms with van der Waals surface area (Å²) in [6.45, 7) is 2.45. The number of pyridine rings is 1. The van der Waals surface area contributed by atoms with Crippen molar-refractivity contribution in [3.63, 3.8) is 0 Å². The van der Waals surface area contributed by atoms with E-state index in [1.807, 2.05) is 43.3 Å². The zero-order chi connectivity index (χ0) is 18.2. The van der Waals surface area contributed by atoms with Gasteiger partial charge in [0.15, 0.2) is 6.61 Å². The monoisotopic (exact) mass is 348 g/mol. The molecule has 1 amide bonds. The highest BCUT2D eigenvalue weighted by atomic mass is 16.5. The molecule has 0 saturated carbocycles. The lowest BCUT2D eigenvalue weighted by atomic mass is 10.1. The first-order valence-corrected chi connectivity index (χ1v) is 8.41. The van der Waals surface area contributed by atoms with Crippen molar-refractivity contribution >= 4 is 11.7 Å². The van der Waals surface area contributed by atoms with Gasteiger partial charge in [-0.15, -0.1) is 0 Å². The number of benzene rings is 2. The number of aromatic nitrogens is 1. The molecule has 0 saturated heterocycles. The molecule has 0 unspecified atom stereocenters. The summed E-state index contributed by atoms with van der Waals surface area (Å²) >= 11 is 0. The molecule has 3 rings (SSSR count). The molecular formula is C21H20N2O3. The van der Waals surface area contributed by atoms with Gasteiger partial charge in [-0.1, -0.05) is 30.3 Å². The predicted octanol–water partition coefficient (Wildman–Crippen LogP) is 4.16. The summed E-state index contributed by atoms with van der Waals surface area (Å²) in [6, 6.07) is 20.8. The zero-order valence-electron chi connectivity index (χ0n) is 14.5. The van der Waals surface area contributed by atoms with E-state index < -0.39 is 0 Å². The van der Waals surface area contributed by atoms with E-state index in [0.717, 1.165) is 16.9 Å². The summed E-state index contributed by atoms with van der Waals surface area (Å²) < 4.78 is 10.8. The molecule has 5 heteroatoms. The van der Waals surface area contributed by atoms with E-state index in [9.17, 15) is 4.79 Å². The number of hydrogen-bond acceptors (Lipinski definition) is 4. The standard InChI is InChI=1S/C21H20N2O3/c1-2-25-18-9-11-19(12-10-18)26-15-21(24)23-20-13-8-17(14-22-20)16-6-4-3-5-7-16/h3-14H,2,15H2,1H3,(H,22,23,24). The second-order valence-electron chi connectivity index (χ2n) is 5.54. The number of carbonyl (C=O) groups excluding carboxylic acids is 1. The van der Waals surface area contributed by atoms with Crippen LogP contribution < -0.4 is 14.8 Å². The average molecular weight is 348 g/mol. The van der Waals surface area contributed by atoms with Crippen LogP contribution in [-0.4, -0.2) is 24.1 Å². The van der Waals surface area contributed by atoms with Crippen molar-refractivity contribution in [3.05, 3.63) is 72.9 Å². The molecule has 0 aliphatic rings. The fourth-order valence-electron chi connectivity index (χ4n) is 2.40. The molecule has 0 aliphatic carbocycles. The Hall–Kier alpha value is -3.34. The minimum atomic E-state index is -0.265. The Balaban J connectivity index is 1.51. The quantitative estimate of drug-likeness (QED) is 0.696. The molecule has 0 fully saturated rings. The number of carbonyl (C=O) groups is 1. The van der Waals surface area contributed by atoms with Crippen LogP contribution in [0.5, 0.6) is 11.5 Å². The second-order valence-corrected chi connectivity index (χ2v) is 5.54. The second kappa shape index (κ2) is 8.67. The van der Waals surface area contributed by atoms with Gasteiger partial charge < -0.3 is 14.8 Å². The third kappa shape index (κ3) is 4.83. The topological polar surface area (TPSA) is 60.5 Å². The third-order valence-corrected chi connectivity index (χ3v) is 3.64. The highest BCUT2D eigenvalue weighted by molar-refractivity contribution is 5.91. The number of nitrogens with one attached hydrogen (secondary N) is 1. The van der Waals surface area contributed by atoms with Crippen molar-refractivity contribution in [2.75, 3.05) is 18.5 Å². The van der Waals surface area contributed by atoms with E-state index in [4.69, 9.17) is 9.47 Å². The first-order valence-electron chi connectivity index (χ1n) is 8.41. The Kier molecular flexibility index (Phi) is 5.83. The van der Waals surface area contributed by atoms with E-state index in [1.54, 1.807) is 36.5 Å². The first kappa shape index (κ1) is 17.5. The molecule has 5 nitrogen and oxygen atoms in total. The van der Waals surface area contributed by atoms with Crippen LogP contribution >= 0.6 is 0 Å². The van der Waals surface area contributed by atoms with Crippen LogP contribution in [0, 0.1) is 0 Å². The van der Waals surface area contributed by atoms with Gasteiger partial charge in [0.25, 0.3) is 5.91 Å². The van der Waals surface area contributed by atoms with Gasteiger partial charge in [-0.3, -0.25) is 4.79 Å². The highest BCUT2D eigenvalue weighted by Gasteiger charge is 2.06. The smallest absolute Gasteiger partial charge is 0.263 e. The van der Waals surface area contributed by atoms with Crippen molar-refractivity contribution in [1.29, 1.82) is 0 Å². The van der Waals surface area contributed by atoms with Gasteiger partial charge in [0.1, 0.15) is 17.3 Å². The van der Waals surface area contributed by atoms with E-state index in [2.05, 4.69) is 10.3 Å². The van der Waals surface area contributed by atoms with E-state index >= 15 is 0 Å². The number of ether oxygens (including phenoxy) is 2. The summed E-state index contributed by atoms with van der Waals surface area (Å²) in [5.41, 5.74) is 2.07. The SMILES string of the molecule is CCOc1ccc(OCC(=O)Nc2ccc(-c3ccccc3)cn2)cc1. The van der Waals surface area contributed by atoms with Crippen molar-refractivity contribution in [2.45, 2.75) is 6.92 Å². The average Bonchev–Trinajstić information content (AvgIpc) is 2.69. The van der Waals surface area contributed by atoms with Crippen LogP contribution in [0.3, 0.4) is 0 Å². The summed E-state index contributed by atoms with van der Waals surface area (Å²) in [4.78, 5) is 16.3. The van der Waals surface area contributed by atoms with Gasteiger partial charge in [0, 0.05) is 11.8 Å². The van der Waals surface area contributed by atoms with Crippen LogP contribution in [0.4, 0.5) is 5.82 Å². The third-order valence-electron chi connectivity index (χ3n) is 3.64. The molecule has 26 heavy (non-hydrogen) atoms. The Labute approximate surface area is 152 Å². The van der Waals surface area contributed by atoms with Gasteiger partial charge >= 0.3 is 0 Å². The van der Waals surface area contributed by atoms with Crippen LogP contribution in [0.1, 0.15) is 6.92 Å². The van der Waals surface area contributed by atoms with Gasteiger partial charge in [-0.25, -0.2) is 4.98 Å². The molecule has 1 aromatic heterocycles. The fraction of sp³-hybridized carbons (Fsp3) is 0.143. The lowest BCUT2D eigenvalue weighted by Gasteiger charge is -2.08. The van der Waals surface area contributed by atoms with Crippen LogP contribution in [-0.2, 0) is 4.79 Å². The normalized spacial score (nSPS) is 10.2. The van der Waals surface area contributed by atoms with Crippen molar-refractivity contribution in [3.8, 4) is 22.6 Å².